The smallest absolute Gasteiger partial charge is 0.312 e. The molecule has 0 saturated heterocycles. The molecule has 1 heterocycles. The molecule has 0 aliphatic heterocycles. The van der Waals surface area contributed by atoms with Crippen LogP contribution in [0, 0.1) is 5.41 Å². The van der Waals surface area contributed by atoms with Crippen molar-refractivity contribution >= 4 is 28.5 Å². The second-order valence-corrected chi connectivity index (χ2v) is 10.6. The number of esters is 1. The fourth-order valence-electron chi connectivity index (χ4n) is 6.54. The van der Waals surface area contributed by atoms with Crippen LogP contribution in [0.4, 0.5) is 0 Å². The van der Waals surface area contributed by atoms with Crippen molar-refractivity contribution in [2.24, 2.45) is 5.41 Å². The Bertz CT molecular complexity index is 1210. The Morgan fingerprint density at radius 2 is 1.97 bits per heavy atom. The van der Waals surface area contributed by atoms with Crippen molar-refractivity contribution in [2.45, 2.75) is 64.2 Å². The van der Waals surface area contributed by atoms with Gasteiger partial charge in [-0.2, -0.15) is 0 Å². The summed E-state index contributed by atoms with van der Waals surface area (Å²) in [5, 5.41) is 1.84. The summed E-state index contributed by atoms with van der Waals surface area (Å²) in [7, 11) is 1.51. The van der Waals surface area contributed by atoms with Gasteiger partial charge in [0.1, 0.15) is 0 Å². The molecule has 0 spiro atoms. The third kappa shape index (κ3) is 2.68. The molecular formula is C27H30ClNO2. The molecular weight excluding hydrogens is 406 g/mol. The topological polar surface area (TPSA) is 42.1 Å². The highest BCUT2D eigenvalue weighted by molar-refractivity contribution is 6.35. The lowest BCUT2D eigenvalue weighted by Crippen LogP contribution is -2.50. The first-order valence-electron chi connectivity index (χ1n) is 11.3. The van der Waals surface area contributed by atoms with Crippen LogP contribution in [0.15, 0.2) is 36.4 Å². The predicted molar refractivity (Wildman–Crippen MR) is 127 cm³/mol. The number of ether oxygens (including phenoxy) is 1. The first-order valence-corrected chi connectivity index (χ1v) is 11.6. The number of halogens is 1. The number of fused-ring (bicyclic) bond motifs is 8. The third-order valence-corrected chi connectivity index (χ3v) is 8.34. The van der Waals surface area contributed by atoms with Gasteiger partial charge in [0, 0.05) is 22.3 Å². The minimum atomic E-state index is -0.595. The highest BCUT2D eigenvalue weighted by Gasteiger charge is 2.58. The van der Waals surface area contributed by atoms with Crippen LogP contribution in [0.5, 0.6) is 0 Å². The van der Waals surface area contributed by atoms with E-state index in [9.17, 15) is 4.79 Å². The summed E-state index contributed by atoms with van der Waals surface area (Å²) < 4.78 is 5.38. The molecule has 2 aliphatic carbocycles. The zero-order chi connectivity index (χ0) is 22.1. The van der Waals surface area contributed by atoms with E-state index in [2.05, 4.69) is 56.9 Å². The van der Waals surface area contributed by atoms with Crippen molar-refractivity contribution < 1.29 is 9.53 Å². The van der Waals surface area contributed by atoms with E-state index >= 15 is 0 Å². The zero-order valence-electron chi connectivity index (χ0n) is 18.9. The zero-order valence-corrected chi connectivity index (χ0v) is 19.7. The van der Waals surface area contributed by atoms with Gasteiger partial charge in [-0.15, -0.1) is 0 Å². The molecule has 3 atom stereocenters. The Morgan fingerprint density at radius 1 is 1.19 bits per heavy atom. The maximum atomic E-state index is 13.2. The number of para-hydroxylation sites is 1. The van der Waals surface area contributed by atoms with Crippen LogP contribution in [0.2, 0.25) is 5.02 Å². The van der Waals surface area contributed by atoms with Crippen LogP contribution < -0.4 is 0 Å². The number of rotatable bonds is 2. The van der Waals surface area contributed by atoms with E-state index in [1.165, 1.54) is 29.4 Å². The molecule has 31 heavy (non-hydrogen) atoms. The Morgan fingerprint density at radius 3 is 2.68 bits per heavy atom. The van der Waals surface area contributed by atoms with E-state index in [0.29, 0.717) is 10.9 Å². The molecule has 1 unspecified atom stereocenters. The van der Waals surface area contributed by atoms with Crippen LogP contribution in [0.25, 0.3) is 22.2 Å². The average molecular weight is 436 g/mol. The molecule has 0 radical (unpaired) electrons. The molecule has 5 rings (SSSR count). The summed E-state index contributed by atoms with van der Waals surface area (Å²) in [4.78, 5) is 16.9. The first-order chi connectivity index (χ1) is 14.7. The third-order valence-electron chi connectivity index (χ3n) is 8.02. The Labute approximate surface area is 189 Å². The van der Waals surface area contributed by atoms with Crippen LogP contribution in [0.1, 0.15) is 75.5 Å². The van der Waals surface area contributed by atoms with Crippen LogP contribution in [0.3, 0.4) is 0 Å². The van der Waals surface area contributed by atoms with Crippen molar-refractivity contribution in [1.82, 2.24) is 4.98 Å². The molecule has 1 aromatic heterocycles. The number of carbonyl (C=O) groups is 1. The second-order valence-electron chi connectivity index (χ2n) is 10.1. The van der Waals surface area contributed by atoms with E-state index in [0.717, 1.165) is 35.9 Å². The number of aromatic amines is 1. The van der Waals surface area contributed by atoms with Crippen molar-refractivity contribution in [3.8, 4) is 11.3 Å². The number of H-pyrrole nitrogens is 1. The monoisotopic (exact) mass is 435 g/mol. The summed E-state index contributed by atoms with van der Waals surface area (Å²) in [6, 6.07) is 13.0. The standard InChI is InChI=1S/C27H30ClNO2/c1-15(2)16-10-11-19-18(14-16)23-21(17-8-6-9-20(28)22(17)29-23)24-26(19,3)12-7-13-27(24,4)25(30)31-5/h6,8-11,14-15,24,29H,7,12-13H2,1-5H3/t24?,26-,27-/m1/s1. The Balaban J connectivity index is 1.91. The van der Waals surface area contributed by atoms with Crippen LogP contribution in [-0.2, 0) is 14.9 Å². The summed E-state index contributed by atoms with van der Waals surface area (Å²) in [6.07, 6.45) is 2.87. The normalized spacial score (nSPS) is 27.0. The van der Waals surface area contributed by atoms with Gasteiger partial charge in [-0.25, -0.2) is 0 Å². The van der Waals surface area contributed by atoms with Crippen molar-refractivity contribution in [1.29, 1.82) is 0 Å². The van der Waals surface area contributed by atoms with Gasteiger partial charge in [0.25, 0.3) is 0 Å². The van der Waals surface area contributed by atoms with Gasteiger partial charge in [-0.3, -0.25) is 4.79 Å². The minimum absolute atomic E-state index is 0.0146. The van der Waals surface area contributed by atoms with E-state index in [4.69, 9.17) is 16.3 Å². The predicted octanol–water partition coefficient (Wildman–Crippen LogP) is 7.33. The van der Waals surface area contributed by atoms with Gasteiger partial charge in [-0.1, -0.05) is 63.1 Å². The maximum Gasteiger partial charge on any atom is 0.312 e. The number of carbonyl (C=O) groups excluding carboxylic acids is 1. The van der Waals surface area contributed by atoms with Crippen LogP contribution >= 0.6 is 11.6 Å². The summed E-state index contributed by atoms with van der Waals surface area (Å²) in [5.74, 6) is 0.341. The van der Waals surface area contributed by atoms with Crippen LogP contribution in [-0.4, -0.2) is 18.1 Å². The number of hydrogen-bond donors (Lipinski definition) is 1. The van der Waals surface area contributed by atoms with Gasteiger partial charge in [0.2, 0.25) is 0 Å². The van der Waals surface area contributed by atoms with E-state index in [-0.39, 0.29) is 17.3 Å². The van der Waals surface area contributed by atoms with Crippen molar-refractivity contribution in [3.63, 3.8) is 0 Å². The van der Waals surface area contributed by atoms with Crippen molar-refractivity contribution in [3.05, 3.63) is 58.1 Å². The molecule has 0 bridgehead atoms. The lowest BCUT2D eigenvalue weighted by Gasteiger charge is -2.54. The van der Waals surface area contributed by atoms with E-state index < -0.39 is 5.41 Å². The largest absolute Gasteiger partial charge is 0.469 e. The molecule has 3 nitrogen and oxygen atoms in total. The van der Waals surface area contributed by atoms with Gasteiger partial charge < -0.3 is 9.72 Å². The summed E-state index contributed by atoms with van der Waals surface area (Å²) in [5.41, 5.74) is 6.44. The Hall–Kier alpha value is -2.26. The molecule has 2 aromatic carbocycles. The molecule has 3 aromatic rings. The molecule has 2 aliphatic rings. The molecule has 162 valence electrons. The molecule has 0 amide bonds. The number of aromatic nitrogens is 1. The molecule has 4 heteroatoms. The summed E-state index contributed by atoms with van der Waals surface area (Å²) in [6.45, 7) is 8.90. The quantitative estimate of drug-likeness (QED) is 0.428. The minimum Gasteiger partial charge on any atom is -0.469 e. The SMILES string of the molecule is COC(=O)[C@]1(C)CCC[C@]2(C)c3ccc(C(C)C)cc3-c3[nH]c4c(Cl)cccc4c3C12. The number of methoxy groups -OCH3 is 1. The van der Waals surface area contributed by atoms with Gasteiger partial charge >= 0.3 is 5.97 Å². The van der Waals surface area contributed by atoms with Gasteiger partial charge in [-0.05, 0) is 54.5 Å². The average Bonchev–Trinajstić information content (AvgIpc) is 3.13. The number of nitrogens with one attached hydrogen (secondary N) is 1. The Kier molecular flexibility index (Phi) is 4.57. The first kappa shape index (κ1) is 20.6. The highest BCUT2D eigenvalue weighted by atomic mass is 35.5. The van der Waals surface area contributed by atoms with E-state index in [1.807, 2.05) is 12.1 Å². The second kappa shape index (κ2) is 6.87. The number of benzene rings is 2. The van der Waals surface area contributed by atoms with Crippen molar-refractivity contribution in [2.75, 3.05) is 7.11 Å². The fraction of sp³-hybridized carbons (Fsp3) is 0.444. The van der Waals surface area contributed by atoms with Gasteiger partial charge in [0.15, 0.2) is 0 Å². The maximum absolute atomic E-state index is 13.2. The summed E-state index contributed by atoms with van der Waals surface area (Å²) >= 11 is 6.63. The highest BCUT2D eigenvalue weighted by Crippen LogP contribution is 2.64. The van der Waals surface area contributed by atoms with Gasteiger partial charge in [0.05, 0.1) is 28.8 Å². The van der Waals surface area contributed by atoms with E-state index in [1.54, 1.807) is 0 Å². The number of hydrogen-bond acceptors (Lipinski definition) is 2. The fourth-order valence-corrected chi connectivity index (χ4v) is 6.76. The lowest BCUT2D eigenvalue weighted by molar-refractivity contribution is -0.157. The molecule has 1 N–H and O–H groups in total. The molecule has 1 saturated carbocycles. The lowest BCUT2D eigenvalue weighted by atomic mass is 9.49. The molecule has 1 fully saturated rings.